The molecule has 0 saturated carbocycles. The summed E-state index contributed by atoms with van der Waals surface area (Å²) in [4.78, 5) is 12.4. The van der Waals surface area contributed by atoms with Crippen LogP contribution in [0, 0.1) is 6.92 Å². The normalized spacial score (nSPS) is 11.1. The molecule has 2 rings (SSSR count). The summed E-state index contributed by atoms with van der Waals surface area (Å²) in [6.45, 7) is 5.47. The van der Waals surface area contributed by atoms with Gasteiger partial charge in [-0.2, -0.15) is 0 Å². The lowest BCUT2D eigenvalue weighted by atomic mass is 10.1. The van der Waals surface area contributed by atoms with Crippen molar-refractivity contribution in [3.05, 3.63) is 57.0 Å². The molecule has 1 N–H and O–H groups in total. The summed E-state index contributed by atoms with van der Waals surface area (Å²) in [6.07, 6.45) is 0. The number of benzene rings is 2. The SMILES string of the molecule is Cc1cc(NC(=O)C(C)(C)Oc2ccc(Br)cc2)ccc1Br. The second kappa shape index (κ2) is 6.84. The Bertz CT molecular complexity index is 682. The molecular formula is C17H17Br2NO2. The van der Waals surface area contributed by atoms with E-state index < -0.39 is 5.60 Å². The first kappa shape index (κ1) is 17.0. The molecule has 0 unspecified atom stereocenters. The Kier molecular flexibility index (Phi) is 5.29. The number of carbonyl (C=O) groups is 1. The predicted octanol–water partition coefficient (Wildman–Crippen LogP) is 5.32. The van der Waals surface area contributed by atoms with Gasteiger partial charge in [0.25, 0.3) is 5.91 Å². The number of nitrogens with one attached hydrogen (secondary N) is 1. The smallest absolute Gasteiger partial charge is 0.267 e. The summed E-state index contributed by atoms with van der Waals surface area (Å²) in [7, 11) is 0. The van der Waals surface area contributed by atoms with Crippen molar-refractivity contribution < 1.29 is 9.53 Å². The zero-order valence-corrected chi connectivity index (χ0v) is 15.8. The van der Waals surface area contributed by atoms with Crippen LogP contribution in [-0.4, -0.2) is 11.5 Å². The topological polar surface area (TPSA) is 38.3 Å². The van der Waals surface area contributed by atoms with E-state index in [-0.39, 0.29) is 5.91 Å². The van der Waals surface area contributed by atoms with Crippen LogP contribution in [0.2, 0.25) is 0 Å². The second-order valence-corrected chi connectivity index (χ2v) is 7.25. The molecule has 0 aliphatic heterocycles. The van der Waals surface area contributed by atoms with Crippen molar-refractivity contribution in [2.75, 3.05) is 5.32 Å². The summed E-state index contributed by atoms with van der Waals surface area (Å²) in [5, 5.41) is 2.89. The minimum Gasteiger partial charge on any atom is -0.478 e. The van der Waals surface area contributed by atoms with Crippen molar-refractivity contribution >= 4 is 43.5 Å². The highest BCUT2D eigenvalue weighted by Gasteiger charge is 2.30. The number of aryl methyl sites for hydroxylation is 1. The summed E-state index contributed by atoms with van der Waals surface area (Å²) in [5.74, 6) is 0.451. The summed E-state index contributed by atoms with van der Waals surface area (Å²) >= 11 is 6.82. The quantitative estimate of drug-likeness (QED) is 0.718. The van der Waals surface area contributed by atoms with Gasteiger partial charge in [-0.15, -0.1) is 0 Å². The van der Waals surface area contributed by atoms with Crippen LogP contribution in [0.3, 0.4) is 0 Å². The minimum atomic E-state index is -0.977. The van der Waals surface area contributed by atoms with Gasteiger partial charge in [0.2, 0.25) is 0 Å². The molecule has 0 aliphatic rings. The summed E-state index contributed by atoms with van der Waals surface area (Å²) in [6, 6.07) is 13.1. The summed E-state index contributed by atoms with van der Waals surface area (Å²) < 4.78 is 7.78. The second-order valence-electron chi connectivity index (χ2n) is 5.48. The van der Waals surface area contributed by atoms with E-state index in [0.29, 0.717) is 5.75 Å². The van der Waals surface area contributed by atoms with E-state index in [9.17, 15) is 4.79 Å². The molecule has 0 fully saturated rings. The summed E-state index contributed by atoms with van der Waals surface area (Å²) in [5.41, 5.74) is 0.831. The van der Waals surface area contributed by atoms with Gasteiger partial charge >= 0.3 is 0 Å². The van der Waals surface area contributed by atoms with Crippen LogP contribution < -0.4 is 10.1 Å². The Balaban J connectivity index is 2.09. The van der Waals surface area contributed by atoms with Crippen LogP contribution in [0.1, 0.15) is 19.4 Å². The zero-order chi connectivity index (χ0) is 16.3. The molecule has 2 aromatic rings. The van der Waals surface area contributed by atoms with Crippen LogP contribution in [0.15, 0.2) is 51.4 Å². The third-order valence-corrected chi connectivity index (χ3v) is 4.57. The molecule has 2 aromatic carbocycles. The lowest BCUT2D eigenvalue weighted by molar-refractivity contribution is -0.128. The fraction of sp³-hybridized carbons (Fsp3) is 0.235. The maximum atomic E-state index is 12.4. The average Bonchev–Trinajstić information content (AvgIpc) is 2.45. The molecule has 0 aliphatic carbocycles. The first-order valence-electron chi connectivity index (χ1n) is 6.80. The first-order chi connectivity index (χ1) is 10.3. The molecule has 5 heteroatoms. The lowest BCUT2D eigenvalue weighted by Gasteiger charge is -2.25. The Morgan fingerprint density at radius 1 is 1.09 bits per heavy atom. The Morgan fingerprint density at radius 3 is 2.32 bits per heavy atom. The maximum absolute atomic E-state index is 12.4. The van der Waals surface area contributed by atoms with E-state index >= 15 is 0 Å². The number of halogens is 2. The molecule has 0 heterocycles. The van der Waals surface area contributed by atoms with Crippen LogP contribution in [0.4, 0.5) is 5.69 Å². The Hall–Kier alpha value is -1.33. The molecule has 0 bridgehead atoms. The number of hydrogen-bond acceptors (Lipinski definition) is 2. The van der Waals surface area contributed by atoms with Gasteiger partial charge in [-0.25, -0.2) is 0 Å². The van der Waals surface area contributed by atoms with E-state index in [0.717, 1.165) is 20.2 Å². The molecule has 1 amide bonds. The number of amides is 1. The molecule has 0 aromatic heterocycles. The highest BCUT2D eigenvalue weighted by Crippen LogP contribution is 2.24. The standard InChI is InChI=1S/C17H17Br2NO2/c1-11-10-13(6-9-15(11)19)20-16(21)17(2,3)22-14-7-4-12(18)5-8-14/h4-10H,1-3H3,(H,20,21). The number of rotatable bonds is 4. The largest absolute Gasteiger partial charge is 0.478 e. The van der Waals surface area contributed by atoms with Gasteiger partial charge in [0.1, 0.15) is 5.75 Å². The van der Waals surface area contributed by atoms with Gasteiger partial charge < -0.3 is 10.1 Å². The molecular weight excluding hydrogens is 410 g/mol. The van der Waals surface area contributed by atoms with Crippen molar-refractivity contribution in [1.82, 2.24) is 0 Å². The van der Waals surface area contributed by atoms with Gasteiger partial charge in [-0.05, 0) is 68.8 Å². The maximum Gasteiger partial charge on any atom is 0.267 e. The highest BCUT2D eigenvalue weighted by molar-refractivity contribution is 9.10. The van der Waals surface area contributed by atoms with Crippen LogP contribution in [0.25, 0.3) is 0 Å². The van der Waals surface area contributed by atoms with E-state index in [1.807, 2.05) is 49.4 Å². The van der Waals surface area contributed by atoms with E-state index in [2.05, 4.69) is 37.2 Å². The number of anilines is 1. The molecule has 22 heavy (non-hydrogen) atoms. The Morgan fingerprint density at radius 2 is 1.73 bits per heavy atom. The molecule has 3 nitrogen and oxygen atoms in total. The number of carbonyl (C=O) groups excluding carboxylic acids is 1. The molecule has 116 valence electrons. The van der Waals surface area contributed by atoms with Crippen LogP contribution in [-0.2, 0) is 4.79 Å². The van der Waals surface area contributed by atoms with Crippen LogP contribution in [0.5, 0.6) is 5.75 Å². The van der Waals surface area contributed by atoms with Crippen molar-refractivity contribution in [1.29, 1.82) is 0 Å². The molecule has 0 saturated heterocycles. The number of ether oxygens (including phenoxy) is 1. The third kappa shape index (κ3) is 4.34. The van der Waals surface area contributed by atoms with Gasteiger partial charge in [-0.1, -0.05) is 31.9 Å². The van der Waals surface area contributed by atoms with Crippen molar-refractivity contribution in [3.8, 4) is 5.75 Å². The predicted molar refractivity (Wildman–Crippen MR) is 96.4 cm³/mol. The third-order valence-electron chi connectivity index (χ3n) is 3.15. The van der Waals surface area contributed by atoms with Crippen LogP contribution >= 0.6 is 31.9 Å². The minimum absolute atomic E-state index is 0.197. The lowest BCUT2D eigenvalue weighted by Crippen LogP contribution is -2.42. The van der Waals surface area contributed by atoms with Crippen molar-refractivity contribution in [2.45, 2.75) is 26.4 Å². The zero-order valence-electron chi connectivity index (χ0n) is 12.6. The van der Waals surface area contributed by atoms with Crippen molar-refractivity contribution in [2.24, 2.45) is 0 Å². The van der Waals surface area contributed by atoms with E-state index in [1.54, 1.807) is 13.8 Å². The molecule has 0 atom stereocenters. The van der Waals surface area contributed by atoms with Gasteiger partial charge in [0, 0.05) is 14.6 Å². The fourth-order valence-corrected chi connectivity index (χ4v) is 2.36. The van der Waals surface area contributed by atoms with Gasteiger partial charge in [0.15, 0.2) is 5.60 Å². The van der Waals surface area contributed by atoms with E-state index in [1.165, 1.54) is 0 Å². The van der Waals surface area contributed by atoms with Gasteiger partial charge in [-0.3, -0.25) is 4.79 Å². The molecule has 0 radical (unpaired) electrons. The number of hydrogen-bond donors (Lipinski definition) is 1. The average molecular weight is 427 g/mol. The molecule has 0 spiro atoms. The Labute approximate surface area is 147 Å². The first-order valence-corrected chi connectivity index (χ1v) is 8.39. The highest BCUT2D eigenvalue weighted by atomic mass is 79.9. The van der Waals surface area contributed by atoms with E-state index in [4.69, 9.17) is 4.74 Å². The monoisotopic (exact) mass is 425 g/mol. The fourth-order valence-electron chi connectivity index (χ4n) is 1.85. The van der Waals surface area contributed by atoms with Crippen molar-refractivity contribution in [3.63, 3.8) is 0 Å². The van der Waals surface area contributed by atoms with Gasteiger partial charge in [0.05, 0.1) is 0 Å².